The molecule has 2 rings (SSSR count). The van der Waals surface area contributed by atoms with E-state index in [1.54, 1.807) is 12.5 Å². The number of nitrogens with zero attached hydrogens (tertiary/aromatic N) is 1. The maximum atomic E-state index is 12.5. The molecule has 0 aliphatic heterocycles. The topological polar surface area (TPSA) is 45.8 Å². The second kappa shape index (κ2) is 8.09. The molecular weight excluding hydrogens is 284 g/mol. The number of aromatic amines is 1. The van der Waals surface area contributed by atoms with Crippen molar-refractivity contribution in [1.82, 2.24) is 9.97 Å². The summed E-state index contributed by atoms with van der Waals surface area (Å²) in [6, 6.07) is 8.43. The van der Waals surface area contributed by atoms with Crippen LogP contribution >= 0.6 is 0 Å². The van der Waals surface area contributed by atoms with Crippen molar-refractivity contribution in [1.29, 1.82) is 0 Å². The summed E-state index contributed by atoms with van der Waals surface area (Å²) >= 11 is 0. The lowest BCUT2D eigenvalue weighted by atomic mass is 9.74. The molecule has 2 aromatic rings. The van der Waals surface area contributed by atoms with Gasteiger partial charge in [-0.25, -0.2) is 4.98 Å². The minimum Gasteiger partial charge on any atom is -0.342 e. The fourth-order valence-electron chi connectivity index (χ4n) is 3.38. The van der Waals surface area contributed by atoms with E-state index in [1.807, 2.05) is 6.07 Å². The van der Waals surface area contributed by atoms with Crippen LogP contribution in [0.25, 0.3) is 0 Å². The van der Waals surface area contributed by atoms with E-state index in [9.17, 15) is 4.79 Å². The highest BCUT2D eigenvalue weighted by Gasteiger charge is 2.26. The summed E-state index contributed by atoms with van der Waals surface area (Å²) < 4.78 is 0. The predicted molar refractivity (Wildman–Crippen MR) is 94.7 cm³/mol. The van der Waals surface area contributed by atoms with Crippen LogP contribution in [0.15, 0.2) is 36.8 Å². The first kappa shape index (κ1) is 17.5. The number of carbonyl (C=O) groups excluding carboxylic acids is 1. The lowest BCUT2D eigenvalue weighted by Crippen LogP contribution is -2.19. The molecule has 0 spiro atoms. The minimum absolute atomic E-state index is 0.0991. The van der Waals surface area contributed by atoms with E-state index in [4.69, 9.17) is 0 Å². The molecule has 3 nitrogen and oxygen atoms in total. The van der Waals surface area contributed by atoms with Crippen molar-refractivity contribution in [2.24, 2.45) is 11.8 Å². The fourth-order valence-corrected chi connectivity index (χ4v) is 3.38. The molecule has 0 aliphatic rings. The third-order valence-corrected chi connectivity index (χ3v) is 5.08. The summed E-state index contributed by atoms with van der Waals surface area (Å²) in [4.78, 5) is 19.3. The van der Waals surface area contributed by atoms with Crippen LogP contribution in [0.1, 0.15) is 68.1 Å². The van der Waals surface area contributed by atoms with Gasteiger partial charge < -0.3 is 4.98 Å². The number of benzene rings is 1. The van der Waals surface area contributed by atoms with Crippen LogP contribution in [-0.4, -0.2) is 15.8 Å². The van der Waals surface area contributed by atoms with Crippen LogP contribution in [0.2, 0.25) is 0 Å². The lowest BCUT2D eigenvalue weighted by molar-refractivity contribution is 0.0988. The molecule has 0 bridgehead atoms. The van der Waals surface area contributed by atoms with Gasteiger partial charge in [0.05, 0.1) is 12.5 Å². The van der Waals surface area contributed by atoms with Crippen molar-refractivity contribution in [2.75, 3.05) is 0 Å². The summed E-state index contributed by atoms with van der Waals surface area (Å²) in [6.45, 7) is 9.14. The van der Waals surface area contributed by atoms with Crippen molar-refractivity contribution in [3.05, 3.63) is 53.6 Å². The molecule has 23 heavy (non-hydrogen) atoms. The maximum absolute atomic E-state index is 12.5. The Kier molecular flexibility index (Phi) is 6.14. The molecule has 0 saturated carbocycles. The van der Waals surface area contributed by atoms with Gasteiger partial charge in [0.15, 0.2) is 5.78 Å². The number of hydrogen-bond acceptors (Lipinski definition) is 2. The van der Waals surface area contributed by atoms with Gasteiger partial charge in [0.1, 0.15) is 5.69 Å². The second-order valence-electron chi connectivity index (χ2n) is 6.56. The Balaban J connectivity index is 2.33. The van der Waals surface area contributed by atoms with Gasteiger partial charge in [-0.3, -0.25) is 4.79 Å². The normalized spacial score (nSPS) is 15.1. The summed E-state index contributed by atoms with van der Waals surface area (Å²) in [6.07, 6.45) is 5.89. The number of nitrogens with one attached hydrogen (secondary N) is 1. The molecule has 1 heterocycles. The van der Waals surface area contributed by atoms with E-state index < -0.39 is 0 Å². The average Bonchev–Trinajstić information content (AvgIpc) is 3.10. The lowest BCUT2D eigenvalue weighted by Gasteiger charge is -2.30. The van der Waals surface area contributed by atoms with Crippen molar-refractivity contribution in [3.63, 3.8) is 0 Å². The molecule has 2 atom stereocenters. The Labute approximate surface area is 139 Å². The zero-order valence-electron chi connectivity index (χ0n) is 14.7. The molecule has 0 amide bonds. The average molecular weight is 312 g/mol. The summed E-state index contributed by atoms with van der Waals surface area (Å²) in [5, 5.41) is 0. The Morgan fingerprint density at radius 1 is 1.13 bits per heavy atom. The van der Waals surface area contributed by atoms with Crippen LogP contribution < -0.4 is 0 Å². The summed E-state index contributed by atoms with van der Waals surface area (Å²) in [5.41, 5.74) is 3.07. The third-order valence-electron chi connectivity index (χ3n) is 5.08. The highest BCUT2D eigenvalue weighted by Crippen LogP contribution is 2.37. The van der Waals surface area contributed by atoms with Gasteiger partial charge in [-0.2, -0.15) is 0 Å². The highest BCUT2D eigenvalue weighted by molar-refractivity contribution is 5.95. The van der Waals surface area contributed by atoms with Gasteiger partial charge in [-0.1, -0.05) is 64.8 Å². The number of rotatable bonds is 8. The van der Waals surface area contributed by atoms with E-state index in [1.165, 1.54) is 5.56 Å². The molecule has 0 aliphatic carbocycles. The largest absolute Gasteiger partial charge is 0.342 e. The Morgan fingerprint density at radius 3 is 2.35 bits per heavy atom. The molecular formula is C20H28N2O. The Bertz CT molecular complexity index is 608. The number of aromatic nitrogens is 2. The van der Waals surface area contributed by atoms with Crippen molar-refractivity contribution < 1.29 is 4.79 Å². The monoisotopic (exact) mass is 312 g/mol. The molecule has 1 N–H and O–H groups in total. The van der Waals surface area contributed by atoms with E-state index >= 15 is 0 Å². The minimum atomic E-state index is 0.0991. The Morgan fingerprint density at radius 2 is 1.78 bits per heavy atom. The molecule has 0 radical (unpaired) electrons. The smallest absolute Gasteiger partial charge is 0.184 e. The molecule has 1 aromatic carbocycles. The summed E-state index contributed by atoms with van der Waals surface area (Å²) in [7, 11) is 0. The van der Waals surface area contributed by atoms with Gasteiger partial charge in [-0.05, 0) is 28.9 Å². The Hall–Kier alpha value is -1.90. The summed E-state index contributed by atoms with van der Waals surface area (Å²) in [5.74, 6) is 1.81. The number of imidazole rings is 1. The van der Waals surface area contributed by atoms with Gasteiger partial charge in [-0.15, -0.1) is 0 Å². The second-order valence-corrected chi connectivity index (χ2v) is 6.56. The number of H-pyrrole nitrogens is 1. The van der Waals surface area contributed by atoms with Gasteiger partial charge in [0.25, 0.3) is 0 Å². The standard InChI is InChI=1S/C20H28N2O/c1-5-14(3)20(15(4)6-2)17-10-8-7-9-16(17)11-19(23)18-12-21-13-22-18/h7-10,12-15,20H,5-6,11H2,1-4H3,(H,21,22). The first-order valence-electron chi connectivity index (χ1n) is 8.67. The third kappa shape index (κ3) is 4.10. The van der Waals surface area contributed by atoms with Gasteiger partial charge in [0.2, 0.25) is 0 Å². The van der Waals surface area contributed by atoms with E-state index in [-0.39, 0.29) is 5.78 Å². The molecule has 124 valence electrons. The van der Waals surface area contributed by atoms with E-state index in [0.717, 1.165) is 18.4 Å². The van der Waals surface area contributed by atoms with Crippen LogP contribution in [-0.2, 0) is 6.42 Å². The molecule has 3 heteroatoms. The molecule has 0 saturated heterocycles. The van der Waals surface area contributed by atoms with Crippen LogP contribution in [0.5, 0.6) is 0 Å². The maximum Gasteiger partial charge on any atom is 0.184 e. The van der Waals surface area contributed by atoms with Crippen LogP contribution in [0.3, 0.4) is 0 Å². The quantitative estimate of drug-likeness (QED) is 0.696. The number of carbonyl (C=O) groups is 1. The number of hydrogen-bond donors (Lipinski definition) is 1. The van der Waals surface area contributed by atoms with Crippen LogP contribution in [0.4, 0.5) is 0 Å². The zero-order chi connectivity index (χ0) is 16.8. The first-order chi connectivity index (χ1) is 11.1. The number of ketones is 1. The van der Waals surface area contributed by atoms with Gasteiger partial charge >= 0.3 is 0 Å². The van der Waals surface area contributed by atoms with Crippen molar-refractivity contribution >= 4 is 5.78 Å². The SMILES string of the molecule is CCC(C)C(c1ccccc1CC(=O)c1cnc[nH]1)C(C)CC. The zero-order valence-corrected chi connectivity index (χ0v) is 14.7. The predicted octanol–water partition coefficient (Wildman–Crippen LogP) is 5.01. The molecule has 0 fully saturated rings. The number of Topliss-reactive ketones (excluding diaryl/α,β-unsaturated/α-hetero) is 1. The fraction of sp³-hybridized carbons (Fsp3) is 0.500. The van der Waals surface area contributed by atoms with Crippen molar-refractivity contribution in [3.8, 4) is 0 Å². The first-order valence-corrected chi connectivity index (χ1v) is 8.67. The van der Waals surface area contributed by atoms with E-state index in [2.05, 4.69) is 55.9 Å². The van der Waals surface area contributed by atoms with Gasteiger partial charge in [0, 0.05) is 6.42 Å². The van der Waals surface area contributed by atoms with Crippen molar-refractivity contribution in [2.45, 2.75) is 52.9 Å². The van der Waals surface area contributed by atoms with E-state index in [0.29, 0.717) is 29.9 Å². The molecule has 2 unspecified atom stereocenters. The molecule has 1 aromatic heterocycles. The highest BCUT2D eigenvalue weighted by atomic mass is 16.1. The van der Waals surface area contributed by atoms with Crippen LogP contribution in [0, 0.1) is 11.8 Å².